The summed E-state index contributed by atoms with van der Waals surface area (Å²) in [5.41, 5.74) is 5.45. The molecule has 0 saturated heterocycles. The highest BCUT2D eigenvalue weighted by Gasteiger charge is 2.19. The minimum atomic E-state index is -1.09. The molecule has 0 amide bonds. The lowest BCUT2D eigenvalue weighted by atomic mass is 10.2. The van der Waals surface area contributed by atoms with Crippen molar-refractivity contribution in [3.8, 4) is 11.4 Å². The maximum atomic E-state index is 13.3. The van der Waals surface area contributed by atoms with E-state index < -0.39 is 17.7 Å². The van der Waals surface area contributed by atoms with Crippen molar-refractivity contribution in [1.82, 2.24) is 10.1 Å². The average Bonchev–Trinajstić information content (AvgIpc) is 2.84. The van der Waals surface area contributed by atoms with E-state index in [2.05, 4.69) is 26.1 Å². The molecule has 1 aromatic carbocycles. The molecule has 2 rings (SSSR count). The maximum Gasteiger partial charge on any atom is 0.257 e. The number of rotatable bonds is 3. The second-order valence-electron chi connectivity index (χ2n) is 3.43. The van der Waals surface area contributed by atoms with E-state index in [-0.39, 0.29) is 28.3 Å². The molecule has 0 aliphatic rings. The summed E-state index contributed by atoms with van der Waals surface area (Å²) in [5, 5.41) is 13.0. The predicted molar refractivity (Wildman–Crippen MR) is 61.4 cm³/mol. The maximum absolute atomic E-state index is 13.3. The third kappa shape index (κ3) is 2.26. The van der Waals surface area contributed by atoms with Crippen LogP contribution in [-0.4, -0.2) is 21.8 Å². The van der Waals surface area contributed by atoms with Crippen LogP contribution in [0.4, 0.5) is 8.78 Å². The van der Waals surface area contributed by atoms with Crippen LogP contribution in [-0.2, 0) is 0 Å². The number of hydrogen-bond donors (Lipinski definition) is 2. The van der Waals surface area contributed by atoms with Gasteiger partial charge in [-0.25, -0.2) is 8.78 Å². The smallest absolute Gasteiger partial charge is 0.257 e. The molecule has 0 bridgehead atoms. The number of aliphatic hydroxyl groups excluding tert-OH is 1. The molecule has 8 heteroatoms. The lowest BCUT2D eigenvalue weighted by Crippen LogP contribution is -2.11. The number of benzene rings is 1. The molecule has 1 atom stereocenters. The first-order chi connectivity index (χ1) is 8.54. The molecule has 1 unspecified atom stereocenters. The standard InChI is InChI=1S/C10H8BrF2N3O2/c11-7-4(1-2-5(12)8(7)13)9-15-10(18-16-9)6(17)3-14/h1-2,6,17H,3,14H2. The van der Waals surface area contributed by atoms with Gasteiger partial charge in [0, 0.05) is 12.1 Å². The first kappa shape index (κ1) is 13.1. The average molecular weight is 320 g/mol. The molecule has 0 aliphatic carbocycles. The lowest BCUT2D eigenvalue weighted by Gasteiger charge is -2.01. The minimum Gasteiger partial charge on any atom is -0.382 e. The summed E-state index contributed by atoms with van der Waals surface area (Å²) in [6.45, 7) is -0.0828. The summed E-state index contributed by atoms with van der Waals surface area (Å²) < 4.78 is 30.9. The summed E-state index contributed by atoms with van der Waals surface area (Å²) in [4.78, 5) is 3.86. The summed E-state index contributed by atoms with van der Waals surface area (Å²) in [7, 11) is 0. The predicted octanol–water partition coefficient (Wildman–Crippen LogP) is 1.77. The van der Waals surface area contributed by atoms with E-state index in [1.54, 1.807) is 0 Å². The van der Waals surface area contributed by atoms with Crippen LogP contribution >= 0.6 is 15.9 Å². The first-order valence-corrected chi connectivity index (χ1v) is 5.69. The van der Waals surface area contributed by atoms with Gasteiger partial charge < -0.3 is 15.4 Å². The SMILES string of the molecule is NCC(O)c1nc(-c2ccc(F)c(F)c2Br)no1. The van der Waals surface area contributed by atoms with Crippen LogP contribution in [0.25, 0.3) is 11.4 Å². The molecule has 0 saturated carbocycles. The van der Waals surface area contributed by atoms with Gasteiger partial charge in [-0.1, -0.05) is 5.16 Å². The molecule has 96 valence electrons. The molecular formula is C10H8BrF2N3O2. The lowest BCUT2D eigenvalue weighted by molar-refractivity contribution is 0.141. The van der Waals surface area contributed by atoms with Crippen LogP contribution in [0.3, 0.4) is 0 Å². The van der Waals surface area contributed by atoms with Crippen molar-refractivity contribution < 1.29 is 18.4 Å². The van der Waals surface area contributed by atoms with Crippen LogP contribution < -0.4 is 5.73 Å². The molecule has 1 aromatic heterocycles. The Kier molecular flexibility index (Phi) is 3.69. The van der Waals surface area contributed by atoms with Gasteiger partial charge in [0.1, 0.15) is 6.10 Å². The second kappa shape index (κ2) is 5.09. The monoisotopic (exact) mass is 319 g/mol. The Hall–Kier alpha value is -1.38. The van der Waals surface area contributed by atoms with Crippen LogP contribution in [0.15, 0.2) is 21.1 Å². The zero-order chi connectivity index (χ0) is 13.3. The van der Waals surface area contributed by atoms with Gasteiger partial charge in [0.15, 0.2) is 11.6 Å². The fraction of sp³-hybridized carbons (Fsp3) is 0.200. The third-order valence-electron chi connectivity index (χ3n) is 2.23. The Morgan fingerprint density at radius 1 is 1.44 bits per heavy atom. The van der Waals surface area contributed by atoms with Gasteiger partial charge in [0.25, 0.3) is 5.89 Å². The number of aromatic nitrogens is 2. The van der Waals surface area contributed by atoms with Crippen molar-refractivity contribution in [2.45, 2.75) is 6.10 Å². The summed E-state index contributed by atoms with van der Waals surface area (Å²) in [5.74, 6) is -2.08. The van der Waals surface area contributed by atoms with Crippen LogP contribution in [0.5, 0.6) is 0 Å². The molecule has 0 aliphatic heterocycles. The summed E-state index contributed by atoms with van der Waals surface area (Å²) in [6.07, 6.45) is -1.09. The molecule has 18 heavy (non-hydrogen) atoms. The van der Waals surface area contributed by atoms with Gasteiger partial charge in [-0.15, -0.1) is 0 Å². The number of aliphatic hydroxyl groups is 1. The fourth-order valence-corrected chi connectivity index (χ4v) is 1.78. The van der Waals surface area contributed by atoms with E-state index in [0.717, 1.165) is 6.07 Å². The fourth-order valence-electron chi connectivity index (χ4n) is 1.28. The van der Waals surface area contributed by atoms with Crippen molar-refractivity contribution in [3.05, 3.63) is 34.1 Å². The quantitative estimate of drug-likeness (QED) is 0.842. The number of nitrogens with zero attached hydrogens (tertiary/aromatic N) is 2. The summed E-state index contributed by atoms with van der Waals surface area (Å²) in [6, 6.07) is 2.25. The van der Waals surface area contributed by atoms with Gasteiger partial charge in [0.2, 0.25) is 5.82 Å². The Bertz CT molecular complexity index is 576. The summed E-state index contributed by atoms with van der Waals surface area (Å²) >= 11 is 2.91. The molecule has 3 N–H and O–H groups in total. The highest BCUT2D eigenvalue weighted by Crippen LogP contribution is 2.30. The van der Waals surface area contributed by atoms with Crippen molar-refractivity contribution >= 4 is 15.9 Å². The zero-order valence-corrected chi connectivity index (χ0v) is 10.5. The van der Waals surface area contributed by atoms with E-state index in [0.29, 0.717) is 0 Å². The van der Waals surface area contributed by atoms with Gasteiger partial charge in [-0.05, 0) is 28.1 Å². The van der Waals surface area contributed by atoms with E-state index in [4.69, 9.17) is 10.3 Å². The van der Waals surface area contributed by atoms with E-state index in [1.807, 2.05) is 0 Å². The zero-order valence-electron chi connectivity index (χ0n) is 8.90. The Balaban J connectivity index is 2.43. The highest BCUT2D eigenvalue weighted by atomic mass is 79.9. The molecule has 2 aromatic rings. The molecule has 1 heterocycles. The Labute approximate surface area is 109 Å². The molecule has 0 radical (unpaired) electrons. The van der Waals surface area contributed by atoms with Crippen molar-refractivity contribution in [3.63, 3.8) is 0 Å². The molecule has 5 nitrogen and oxygen atoms in total. The Morgan fingerprint density at radius 2 is 2.17 bits per heavy atom. The van der Waals surface area contributed by atoms with Gasteiger partial charge in [-0.3, -0.25) is 0 Å². The number of halogens is 3. The topological polar surface area (TPSA) is 85.2 Å². The van der Waals surface area contributed by atoms with Crippen molar-refractivity contribution in [1.29, 1.82) is 0 Å². The Morgan fingerprint density at radius 3 is 2.83 bits per heavy atom. The number of nitrogens with two attached hydrogens (primary N) is 1. The van der Waals surface area contributed by atoms with Crippen LogP contribution in [0, 0.1) is 11.6 Å². The van der Waals surface area contributed by atoms with Gasteiger partial charge in [0.05, 0.1) is 4.47 Å². The van der Waals surface area contributed by atoms with Gasteiger partial charge >= 0.3 is 0 Å². The van der Waals surface area contributed by atoms with Gasteiger partial charge in [-0.2, -0.15) is 4.98 Å². The molecule has 0 fully saturated rings. The van der Waals surface area contributed by atoms with Crippen LogP contribution in [0.1, 0.15) is 12.0 Å². The largest absolute Gasteiger partial charge is 0.382 e. The van der Waals surface area contributed by atoms with E-state index in [1.165, 1.54) is 6.07 Å². The third-order valence-corrected chi connectivity index (χ3v) is 3.00. The van der Waals surface area contributed by atoms with Crippen molar-refractivity contribution in [2.24, 2.45) is 5.73 Å². The molecule has 0 spiro atoms. The second-order valence-corrected chi connectivity index (χ2v) is 4.22. The normalized spacial score (nSPS) is 12.7. The van der Waals surface area contributed by atoms with Crippen LogP contribution in [0.2, 0.25) is 0 Å². The van der Waals surface area contributed by atoms with E-state index >= 15 is 0 Å². The highest BCUT2D eigenvalue weighted by molar-refractivity contribution is 9.10. The molecular weight excluding hydrogens is 312 g/mol. The first-order valence-electron chi connectivity index (χ1n) is 4.90. The van der Waals surface area contributed by atoms with E-state index in [9.17, 15) is 13.9 Å². The van der Waals surface area contributed by atoms with Crippen molar-refractivity contribution in [2.75, 3.05) is 6.54 Å². The number of hydrogen-bond acceptors (Lipinski definition) is 5. The minimum absolute atomic E-state index is 0.0308.